The van der Waals surface area contributed by atoms with Crippen molar-refractivity contribution in [3.8, 4) is 28.0 Å². The molecule has 98 valence electrons. The highest BCUT2D eigenvalue weighted by Gasteiger charge is 2.15. The van der Waals surface area contributed by atoms with Crippen LogP contribution >= 0.6 is 0 Å². The highest BCUT2D eigenvalue weighted by Crippen LogP contribution is 2.39. The molecule has 0 aliphatic rings. The van der Waals surface area contributed by atoms with E-state index in [4.69, 9.17) is 0 Å². The van der Waals surface area contributed by atoms with E-state index in [9.17, 15) is 9.50 Å². The van der Waals surface area contributed by atoms with Crippen LogP contribution in [-0.4, -0.2) is 5.11 Å². The molecular formula is C18H13FO. The number of phenolic OH excluding ortho intramolecular Hbond substituents is 1. The second-order valence-corrected chi connectivity index (χ2v) is 4.55. The number of hydrogen-bond acceptors (Lipinski definition) is 1. The van der Waals surface area contributed by atoms with Crippen LogP contribution in [0.25, 0.3) is 22.3 Å². The van der Waals surface area contributed by atoms with Crippen LogP contribution in [0.5, 0.6) is 5.75 Å². The number of hydrogen-bond donors (Lipinski definition) is 1. The molecule has 0 heterocycles. The summed E-state index contributed by atoms with van der Waals surface area (Å²) in [4.78, 5) is 0. The fraction of sp³-hybridized carbons (Fsp3) is 0. The molecular weight excluding hydrogens is 251 g/mol. The Morgan fingerprint density at radius 1 is 0.650 bits per heavy atom. The third kappa shape index (κ3) is 2.16. The molecule has 0 saturated heterocycles. The SMILES string of the molecule is Oc1c(-c2ccccc2)ccc(F)c1-c1ccccc1. The highest BCUT2D eigenvalue weighted by molar-refractivity contribution is 5.82. The molecule has 1 nitrogen and oxygen atoms in total. The van der Waals surface area contributed by atoms with Gasteiger partial charge in [-0.25, -0.2) is 4.39 Å². The maximum absolute atomic E-state index is 14.1. The largest absolute Gasteiger partial charge is 0.507 e. The first-order valence-corrected chi connectivity index (χ1v) is 6.39. The molecule has 3 rings (SSSR count). The average molecular weight is 264 g/mol. The maximum Gasteiger partial charge on any atom is 0.134 e. The fourth-order valence-corrected chi connectivity index (χ4v) is 2.30. The van der Waals surface area contributed by atoms with Gasteiger partial charge in [0, 0.05) is 5.56 Å². The van der Waals surface area contributed by atoms with Gasteiger partial charge in [-0.2, -0.15) is 0 Å². The Bertz CT molecular complexity index is 721. The fourth-order valence-electron chi connectivity index (χ4n) is 2.30. The first-order chi connectivity index (χ1) is 9.77. The van der Waals surface area contributed by atoms with Gasteiger partial charge in [-0.3, -0.25) is 0 Å². The van der Waals surface area contributed by atoms with Gasteiger partial charge in [0.2, 0.25) is 0 Å². The summed E-state index contributed by atoms with van der Waals surface area (Å²) in [6, 6.07) is 21.5. The van der Waals surface area contributed by atoms with Crippen LogP contribution < -0.4 is 0 Å². The summed E-state index contributed by atoms with van der Waals surface area (Å²) in [6.07, 6.45) is 0. The minimum atomic E-state index is -0.423. The summed E-state index contributed by atoms with van der Waals surface area (Å²) in [5.41, 5.74) is 2.40. The molecule has 0 aliphatic carbocycles. The number of rotatable bonds is 2. The summed E-state index contributed by atoms with van der Waals surface area (Å²) < 4.78 is 14.1. The second-order valence-electron chi connectivity index (χ2n) is 4.55. The standard InChI is InChI=1S/C18H13FO/c19-16-12-11-15(13-7-3-1-4-8-13)18(20)17(16)14-9-5-2-6-10-14/h1-12,20H. The van der Waals surface area contributed by atoms with Gasteiger partial charge in [0.25, 0.3) is 0 Å². The summed E-state index contributed by atoms with van der Waals surface area (Å²) in [5.74, 6) is -0.448. The van der Waals surface area contributed by atoms with Crippen LogP contribution in [-0.2, 0) is 0 Å². The van der Waals surface area contributed by atoms with Crippen molar-refractivity contribution < 1.29 is 9.50 Å². The van der Waals surface area contributed by atoms with E-state index >= 15 is 0 Å². The molecule has 3 aromatic carbocycles. The first-order valence-electron chi connectivity index (χ1n) is 6.39. The minimum absolute atomic E-state index is 0.0256. The van der Waals surface area contributed by atoms with Crippen molar-refractivity contribution in [2.24, 2.45) is 0 Å². The van der Waals surface area contributed by atoms with Crippen LogP contribution in [0.1, 0.15) is 0 Å². The summed E-state index contributed by atoms with van der Waals surface area (Å²) in [7, 11) is 0. The van der Waals surface area contributed by atoms with E-state index in [2.05, 4.69) is 0 Å². The molecule has 3 aromatic rings. The van der Waals surface area contributed by atoms with Gasteiger partial charge < -0.3 is 5.11 Å². The van der Waals surface area contributed by atoms with Crippen molar-refractivity contribution in [1.29, 1.82) is 0 Å². The lowest BCUT2D eigenvalue weighted by Gasteiger charge is -2.11. The lowest BCUT2D eigenvalue weighted by Crippen LogP contribution is -1.88. The van der Waals surface area contributed by atoms with Crippen LogP contribution in [0.3, 0.4) is 0 Å². The first kappa shape index (κ1) is 12.4. The summed E-state index contributed by atoms with van der Waals surface area (Å²) in [6.45, 7) is 0. The van der Waals surface area contributed by atoms with E-state index in [0.29, 0.717) is 11.1 Å². The topological polar surface area (TPSA) is 20.2 Å². The van der Waals surface area contributed by atoms with Crippen LogP contribution in [0.15, 0.2) is 72.8 Å². The third-order valence-corrected chi connectivity index (χ3v) is 3.27. The maximum atomic E-state index is 14.1. The van der Waals surface area contributed by atoms with E-state index in [1.54, 1.807) is 18.2 Å². The Balaban J connectivity index is 2.22. The van der Waals surface area contributed by atoms with E-state index in [1.165, 1.54) is 6.07 Å². The van der Waals surface area contributed by atoms with Gasteiger partial charge in [-0.1, -0.05) is 60.7 Å². The molecule has 0 atom stereocenters. The molecule has 0 spiro atoms. The van der Waals surface area contributed by atoms with Gasteiger partial charge in [-0.15, -0.1) is 0 Å². The number of benzene rings is 3. The lowest BCUT2D eigenvalue weighted by molar-refractivity contribution is 0.474. The number of halogens is 1. The quantitative estimate of drug-likeness (QED) is 0.700. The zero-order chi connectivity index (χ0) is 13.9. The van der Waals surface area contributed by atoms with Crippen molar-refractivity contribution in [3.05, 3.63) is 78.6 Å². The second kappa shape index (κ2) is 5.17. The number of phenols is 1. The monoisotopic (exact) mass is 264 g/mol. The van der Waals surface area contributed by atoms with Crippen LogP contribution in [0.2, 0.25) is 0 Å². The smallest absolute Gasteiger partial charge is 0.134 e. The van der Waals surface area contributed by atoms with Gasteiger partial charge in [0.05, 0.1) is 5.56 Å². The van der Waals surface area contributed by atoms with Crippen molar-refractivity contribution >= 4 is 0 Å². The zero-order valence-corrected chi connectivity index (χ0v) is 10.8. The average Bonchev–Trinajstić information content (AvgIpc) is 2.49. The van der Waals surface area contributed by atoms with Crippen LogP contribution in [0, 0.1) is 5.82 Å². The zero-order valence-electron chi connectivity index (χ0n) is 10.8. The molecule has 20 heavy (non-hydrogen) atoms. The Morgan fingerprint density at radius 2 is 1.20 bits per heavy atom. The minimum Gasteiger partial charge on any atom is -0.507 e. The summed E-state index contributed by atoms with van der Waals surface area (Å²) in [5, 5.41) is 10.4. The lowest BCUT2D eigenvalue weighted by atomic mass is 9.97. The van der Waals surface area contributed by atoms with Gasteiger partial charge in [-0.05, 0) is 23.3 Å². The molecule has 0 bridgehead atoms. The summed E-state index contributed by atoms with van der Waals surface area (Å²) >= 11 is 0. The number of aromatic hydroxyl groups is 1. The van der Waals surface area contributed by atoms with Gasteiger partial charge in [0.15, 0.2) is 0 Å². The molecule has 0 amide bonds. The predicted molar refractivity (Wildman–Crippen MR) is 78.9 cm³/mol. The molecule has 0 unspecified atom stereocenters. The van der Waals surface area contributed by atoms with Crippen molar-refractivity contribution in [3.63, 3.8) is 0 Å². The van der Waals surface area contributed by atoms with E-state index < -0.39 is 5.82 Å². The Kier molecular flexibility index (Phi) is 3.21. The third-order valence-electron chi connectivity index (χ3n) is 3.27. The van der Waals surface area contributed by atoms with Crippen molar-refractivity contribution in [2.45, 2.75) is 0 Å². The Hall–Kier alpha value is -2.61. The van der Waals surface area contributed by atoms with E-state index in [0.717, 1.165) is 5.56 Å². The van der Waals surface area contributed by atoms with E-state index in [1.807, 2.05) is 48.5 Å². The molecule has 1 N–H and O–H groups in total. The molecule has 0 saturated carbocycles. The predicted octanol–water partition coefficient (Wildman–Crippen LogP) is 4.87. The van der Waals surface area contributed by atoms with Crippen LogP contribution in [0.4, 0.5) is 4.39 Å². The Labute approximate surface area is 117 Å². The molecule has 0 radical (unpaired) electrons. The molecule has 0 aromatic heterocycles. The van der Waals surface area contributed by atoms with E-state index in [-0.39, 0.29) is 11.3 Å². The van der Waals surface area contributed by atoms with Crippen molar-refractivity contribution in [1.82, 2.24) is 0 Å². The van der Waals surface area contributed by atoms with Gasteiger partial charge in [0.1, 0.15) is 11.6 Å². The normalized spacial score (nSPS) is 10.4. The molecule has 0 aliphatic heterocycles. The van der Waals surface area contributed by atoms with Crippen molar-refractivity contribution in [2.75, 3.05) is 0 Å². The molecule has 2 heteroatoms. The molecule has 0 fully saturated rings. The van der Waals surface area contributed by atoms with Gasteiger partial charge >= 0.3 is 0 Å². The highest BCUT2D eigenvalue weighted by atomic mass is 19.1. The Morgan fingerprint density at radius 3 is 1.80 bits per heavy atom.